The highest BCUT2D eigenvalue weighted by Crippen LogP contribution is 2.24. The average molecular weight is 291 g/mol. The van der Waals surface area contributed by atoms with Crippen LogP contribution < -0.4 is 0 Å². The Balaban J connectivity index is 2.52. The molecule has 0 aliphatic rings. The first kappa shape index (κ1) is 14.8. The van der Waals surface area contributed by atoms with E-state index in [4.69, 9.17) is 11.6 Å². The number of rotatable bonds is 3. The predicted octanol–water partition coefficient (Wildman–Crippen LogP) is 3.95. The van der Waals surface area contributed by atoms with Crippen LogP contribution in [0.25, 0.3) is 5.69 Å². The first-order valence-electron chi connectivity index (χ1n) is 6.62. The molecule has 3 nitrogen and oxygen atoms in total. The lowest BCUT2D eigenvalue weighted by atomic mass is 9.92. The SMILES string of the molecule is CC(=O)Cc1cc(C(C)(C)C)nn1-c1ccc(Cl)cc1. The van der Waals surface area contributed by atoms with E-state index in [0.29, 0.717) is 11.4 Å². The van der Waals surface area contributed by atoms with Gasteiger partial charge in [0.05, 0.1) is 17.1 Å². The highest BCUT2D eigenvalue weighted by atomic mass is 35.5. The second kappa shape index (κ2) is 5.41. The summed E-state index contributed by atoms with van der Waals surface area (Å²) in [5, 5.41) is 5.34. The molecule has 0 N–H and O–H groups in total. The van der Waals surface area contributed by atoms with Crippen molar-refractivity contribution in [3.05, 3.63) is 46.7 Å². The van der Waals surface area contributed by atoms with Crippen LogP contribution >= 0.6 is 11.6 Å². The molecule has 1 aromatic heterocycles. The molecule has 0 atom stereocenters. The number of carbonyl (C=O) groups is 1. The van der Waals surface area contributed by atoms with Crippen LogP contribution in [0.5, 0.6) is 0 Å². The highest BCUT2D eigenvalue weighted by molar-refractivity contribution is 6.30. The van der Waals surface area contributed by atoms with Crippen molar-refractivity contribution in [1.29, 1.82) is 0 Å². The quantitative estimate of drug-likeness (QED) is 0.858. The van der Waals surface area contributed by atoms with Crippen LogP contribution in [-0.2, 0) is 16.6 Å². The van der Waals surface area contributed by atoms with Gasteiger partial charge >= 0.3 is 0 Å². The molecule has 0 aliphatic carbocycles. The number of nitrogens with zero attached hydrogens (tertiary/aromatic N) is 2. The number of Topliss-reactive ketones (excluding diaryl/α,β-unsaturated/α-hetero) is 1. The van der Waals surface area contributed by atoms with Crippen molar-refractivity contribution in [3.63, 3.8) is 0 Å². The minimum absolute atomic E-state index is 0.0524. The van der Waals surface area contributed by atoms with Crippen LogP contribution in [0.2, 0.25) is 5.02 Å². The van der Waals surface area contributed by atoms with Gasteiger partial charge in [-0.1, -0.05) is 32.4 Å². The first-order chi connectivity index (χ1) is 9.27. The van der Waals surface area contributed by atoms with Gasteiger partial charge in [0.15, 0.2) is 0 Å². The van der Waals surface area contributed by atoms with Crippen molar-refractivity contribution in [1.82, 2.24) is 9.78 Å². The Kier molecular flexibility index (Phi) is 4.00. The Morgan fingerprint density at radius 3 is 2.35 bits per heavy atom. The monoisotopic (exact) mass is 290 g/mol. The minimum Gasteiger partial charge on any atom is -0.300 e. The number of carbonyl (C=O) groups excluding carboxylic acids is 1. The lowest BCUT2D eigenvalue weighted by molar-refractivity contribution is -0.116. The Morgan fingerprint density at radius 2 is 1.85 bits per heavy atom. The molecule has 106 valence electrons. The Morgan fingerprint density at radius 1 is 1.25 bits per heavy atom. The fourth-order valence-corrected chi connectivity index (χ4v) is 2.10. The first-order valence-corrected chi connectivity index (χ1v) is 7.00. The molecule has 2 rings (SSSR count). The third kappa shape index (κ3) is 3.28. The van der Waals surface area contributed by atoms with Gasteiger partial charge in [0.25, 0.3) is 0 Å². The maximum Gasteiger partial charge on any atom is 0.135 e. The summed E-state index contributed by atoms with van der Waals surface area (Å²) >= 11 is 5.92. The van der Waals surface area contributed by atoms with Crippen LogP contribution in [0.1, 0.15) is 39.1 Å². The topological polar surface area (TPSA) is 34.9 Å². The Bertz CT molecular complexity index is 621. The summed E-state index contributed by atoms with van der Waals surface area (Å²) in [6, 6.07) is 9.48. The molecular formula is C16H19ClN2O. The molecule has 0 aliphatic heterocycles. The molecule has 0 saturated carbocycles. The second-order valence-corrected chi connectivity index (χ2v) is 6.47. The van der Waals surface area contributed by atoms with Crippen molar-refractivity contribution in [2.75, 3.05) is 0 Å². The number of benzene rings is 1. The van der Waals surface area contributed by atoms with Gasteiger partial charge in [0.1, 0.15) is 5.78 Å². The molecule has 0 unspecified atom stereocenters. The molecule has 0 amide bonds. The van der Waals surface area contributed by atoms with E-state index in [1.807, 2.05) is 35.0 Å². The molecule has 4 heteroatoms. The van der Waals surface area contributed by atoms with Crippen molar-refractivity contribution < 1.29 is 4.79 Å². The van der Waals surface area contributed by atoms with E-state index in [2.05, 4.69) is 25.9 Å². The van der Waals surface area contributed by atoms with Crippen LogP contribution in [0.4, 0.5) is 0 Å². The smallest absolute Gasteiger partial charge is 0.135 e. The van der Waals surface area contributed by atoms with Crippen molar-refractivity contribution in [2.24, 2.45) is 0 Å². The molecule has 0 spiro atoms. The third-order valence-electron chi connectivity index (χ3n) is 3.05. The normalized spacial score (nSPS) is 11.7. The van der Waals surface area contributed by atoms with Gasteiger partial charge in [-0.05, 0) is 37.3 Å². The van der Waals surface area contributed by atoms with Crippen molar-refractivity contribution in [2.45, 2.75) is 39.5 Å². The van der Waals surface area contributed by atoms with Gasteiger partial charge in [0.2, 0.25) is 0 Å². The molecule has 0 radical (unpaired) electrons. The van der Waals surface area contributed by atoms with Crippen molar-refractivity contribution >= 4 is 17.4 Å². The number of ketones is 1. The maximum absolute atomic E-state index is 11.4. The fraction of sp³-hybridized carbons (Fsp3) is 0.375. The van der Waals surface area contributed by atoms with E-state index >= 15 is 0 Å². The zero-order chi connectivity index (χ0) is 14.9. The zero-order valence-electron chi connectivity index (χ0n) is 12.3. The van der Waals surface area contributed by atoms with E-state index < -0.39 is 0 Å². The van der Waals surface area contributed by atoms with Gasteiger partial charge in [-0.15, -0.1) is 0 Å². The largest absolute Gasteiger partial charge is 0.300 e. The Labute approximate surface area is 124 Å². The van der Waals surface area contributed by atoms with Crippen LogP contribution in [0, 0.1) is 0 Å². The van der Waals surface area contributed by atoms with Gasteiger partial charge in [-0.2, -0.15) is 5.10 Å². The molecule has 0 saturated heterocycles. The summed E-state index contributed by atoms with van der Waals surface area (Å²) in [5.74, 6) is 0.126. The number of hydrogen-bond donors (Lipinski definition) is 0. The van der Waals surface area contributed by atoms with Gasteiger partial charge in [-0.3, -0.25) is 4.79 Å². The van der Waals surface area contributed by atoms with Crippen LogP contribution in [-0.4, -0.2) is 15.6 Å². The van der Waals surface area contributed by atoms with Crippen LogP contribution in [0.15, 0.2) is 30.3 Å². The molecule has 2 aromatic rings. The second-order valence-electron chi connectivity index (χ2n) is 6.04. The number of hydrogen-bond acceptors (Lipinski definition) is 2. The van der Waals surface area contributed by atoms with Gasteiger partial charge in [0, 0.05) is 16.9 Å². The molecule has 1 heterocycles. The zero-order valence-corrected chi connectivity index (χ0v) is 13.0. The maximum atomic E-state index is 11.4. The summed E-state index contributed by atoms with van der Waals surface area (Å²) in [6.45, 7) is 7.92. The summed E-state index contributed by atoms with van der Waals surface area (Å²) in [4.78, 5) is 11.4. The average Bonchev–Trinajstić information content (AvgIpc) is 2.73. The summed E-state index contributed by atoms with van der Waals surface area (Å²) in [7, 11) is 0. The lowest BCUT2D eigenvalue weighted by Crippen LogP contribution is -2.12. The van der Waals surface area contributed by atoms with E-state index in [9.17, 15) is 4.79 Å². The molecular weight excluding hydrogens is 272 g/mol. The minimum atomic E-state index is -0.0524. The van der Waals surface area contributed by atoms with E-state index in [-0.39, 0.29) is 11.2 Å². The third-order valence-corrected chi connectivity index (χ3v) is 3.30. The van der Waals surface area contributed by atoms with E-state index in [1.165, 1.54) is 0 Å². The molecule has 20 heavy (non-hydrogen) atoms. The molecule has 0 fully saturated rings. The Hall–Kier alpha value is -1.61. The highest BCUT2D eigenvalue weighted by Gasteiger charge is 2.20. The van der Waals surface area contributed by atoms with Gasteiger partial charge < -0.3 is 0 Å². The standard InChI is InChI=1S/C16H19ClN2O/c1-11(20)9-14-10-15(16(2,3)4)18-19(14)13-7-5-12(17)6-8-13/h5-8,10H,9H2,1-4H3. The fourth-order valence-electron chi connectivity index (χ4n) is 1.97. The lowest BCUT2D eigenvalue weighted by Gasteiger charge is -2.14. The van der Waals surface area contributed by atoms with E-state index in [1.54, 1.807) is 6.92 Å². The van der Waals surface area contributed by atoms with Crippen molar-refractivity contribution in [3.8, 4) is 5.69 Å². The van der Waals surface area contributed by atoms with Crippen LogP contribution in [0.3, 0.4) is 0 Å². The van der Waals surface area contributed by atoms with Gasteiger partial charge in [-0.25, -0.2) is 4.68 Å². The summed E-state index contributed by atoms with van der Waals surface area (Å²) in [5.41, 5.74) is 2.75. The summed E-state index contributed by atoms with van der Waals surface area (Å²) < 4.78 is 1.83. The molecule has 1 aromatic carbocycles. The molecule has 0 bridgehead atoms. The number of aromatic nitrogens is 2. The summed E-state index contributed by atoms with van der Waals surface area (Å²) in [6.07, 6.45) is 0.381. The predicted molar refractivity (Wildman–Crippen MR) is 81.7 cm³/mol. The number of halogens is 1. The van der Waals surface area contributed by atoms with E-state index in [0.717, 1.165) is 17.1 Å².